The predicted molar refractivity (Wildman–Crippen MR) is 405 cm³/mol. The van der Waals surface area contributed by atoms with Crippen LogP contribution in [0.15, 0.2) is 328 Å². The maximum absolute atomic E-state index is 2.66. The van der Waals surface area contributed by atoms with E-state index in [0.717, 1.165) is 51.4 Å². The molecule has 0 spiro atoms. The van der Waals surface area contributed by atoms with E-state index in [1.807, 2.05) is 0 Å². The van der Waals surface area contributed by atoms with Gasteiger partial charge in [0.2, 0.25) is 0 Å². The molecule has 0 fully saturated rings. The van der Waals surface area contributed by atoms with E-state index >= 15 is 0 Å². The number of hydrogen-bond donors (Lipinski definition) is 0. The first kappa shape index (κ1) is 64.4. The van der Waals surface area contributed by atoms with Gasteiger partial charge in [-0.05, 0) is 282 Å². The summed E-state index contributed by atoms with van der Waals surface area (Å²) in [5, 5.41) is 0. The Hall–Kier alpha value is -8.32. The van der Waals surface area contributed by atoms with E-state index in [4.69, 9.17) is 0 Å². The fraction of sp³-hybridized carbons (Fsp3) is 0.319. The molecule has 476 valence electrons. The highest BCUT2D eigenvalue weighted by molar-refractivity contribution is 5.95. The summed E-state index contributed by atoms with van der Waals surface area (Å²) in [5.41, 5.74) is 44.8. The summed E-state index contributed by atoms with van der Waals surface area (Å²) in [6.07, 6.45) is 37.9. The van der Waals surface area contributed by atoms with Gasteiger partial charge in [-0.1, -0.05) is 276 Å². The van der Waals surface area contributed by atoms with Crippen LogP contribution >= 0.6 is 0 Å². The summed E-state index contributed by atoms with van der Waals surface area (Å²) in [4.78, 5) is 0. The van der Waals surface area contributed by atoms with E-state index in [9.17, 15) is 0 Å². The summed E-state index contributed by atoms with van der Waals surface area (Å²) < 4.78 is 0. The summed E-state index contributed by atoms with van der Waals surface area (Å²) in [6, 6.07) is 45.5. The van der Waals surface area contributed by atoms with Crippen LogP contribution in [0.5, 0.6) is 0 Å². The lowest BCUT2D eigenvalue weighted by atomic mass is 9.75. The van der Waals surface area contributed by atoms with Crippen molar-refractivity contribution in [3.8, 4) is 0 Å². The van der Waals surface area contributed by atoms with Crippen LogP contribution in [-0.4, -0.2) is 0 Å². The number of hydrogen-bond acceptors (Lipinski definition) is 0. The standard InChI is InChI=1S/C94H100/c1-57(2)45-77-61(9)81-53-85(77)86-54-82(62(10)78(86)46-58(3)4)90(66-31-23-18-24-32-66)70-38-42-74(50-70)94(15,16)76-44-40-72(52-76)92(68-35-27-20-28-36-68)84-56-88(80(64(84)12)48-60(7)8)87-55-83(63(11)79(87)47-59(5)6)91(67-33-25-19-26-34-67)71-39-43-75(51-71)93(13,14)73-41-37-69(49-73)89(81)65-29-21-17-22-30-65/h17-44,49,52,54-55,57-60H,45-48,50-51,53,56H2,1-16H3/b89-69-,90-82-,91-83-,92-72-. The van der Waals surface area contributed by atoms with Crippen molar-refractivity contribution >= 4 is 22.3 Å². The first-order chi connectivity index (χ1) is 45.1. The molecule has 0 heterocycles. The number of allylic oxidation sites excluding steroid dienone is 40. The Kier molecular flexibility index (Phi) is 17.7. The molecular formula is C94H100. The molecule has 0 saturated carbocycles. The number of fused-ring (bicyclic) bond motifs is 14. The van der Waals surface area contributed by atoms with E-state index in [1.165, 1.54) is 178 Å². The average Bonchev–Trinajstić information content (AvgIpc) is 1.60. The highest BCUT2D eigenvalue weighted by Gasteiger charge is 2.40. The van der Waals surface area contributed by atoms with Crippen molar-refractivity contribution in [1.29, 1.82) is 0 Å². The van der Waals surface area contributed by atoms with Gasteiger partial charge in [0.25, 0.3) is 0 Å². The monoisotopic (exact) mass is 1230 g/mol. The zero-order valence-corrected chi connectivity index (χ0v) is 59.4. The molecule has 0 radical (unpaired) electrons. The van der Waals surface area contributed by atoms with Crippen LogP contribution in [0.3, 0.4) is 0 Å². The van der Waals surface area contributed by atoms with Crippen molar-refractivity contribution in [3.63, 3.8) is 0 Å². The van der Waals surface area contributed by atoms with Gasteiger partial charge in [0, 0.05) is 10.8 Å². The van der Waals surface area contributed by atoms with Gasteiger partial charge in [-0.25, -0.2) is 0 Å². The number of benzene rings is 4. The van der Waals surface area contributed by atoms with E-state index < -0.39 is 0 Å². The SMILES string of the molecule is CC1=C2CC(=C1CC(C)C)C1=C/C(=C(\c3ccccc3)C3=CC=C(C3)C(C)(C)C3=C/C(=C(/c4ccccc4)C4=C(C)C(CC(C)C)=C(C4)C4=C/C(=C(\c5ccccc5)C5=CC=C(C5)C(C)(C)C5=C/C(=C\2c2ccccc2)C=C5)C(C)=C4CC(C)C)C=C3)C(C)=C1CC(C)C. The Balaban J connectivity index is 1.03. The zero-order chi connectivity index (χ0) is 66.1. The molecule has 16 bridgehead atoms. The largest absolute Gasteiger partial charge is 0.0625 e. The minimum atomic E-state index is -0.237. The normalized spacial score (nSPS) is 23.5. The van der Waals surface area contributed by atoms with Crippen molar-refractivity contribution in [1.82, 2.24) is 0 Å². The van der Waals surface area contributed by atoms with Crippen LogP contribution in [0.1, 0.15) is 184 Å². The van der Waals surface area contributed by atoms with Gasteiger partial charge in [0.15, 0.2) is 0 Å². The minimum absolute atomic E-state index is 0.237. The summed E-state index contributed by atoms with van der Waals surface area (Å²) in [7, 11) is 0. The van der Waals surface area contributed by atoms with Gasteiger partial charge in [-0.2, -0.15) is 0 Å². The molecule has 0 atom stereocenters. The first-order valence-electron chi connectivity index (χ1n) is 35.6. The van der Waals surface area contributed by atoms with Crippen molar-refractivity contribution in [2.75, 3.05) is 0 Å². The Morgan fingerprint density at radius 1 is 0.319 bits per heavy atom. The van der Waals surface area contributed by atoms with Gasteiger partial charge in [-0.15, -0.1) is 0 Å². The maximum Gasteiger partial charge on any atom is 0.0112 e. The molecule has 0 unspecified atom stereocenters. The highest BCUT2D eigenvalue weighted by atomic mass is 14.4. The van der Waals surface area contributed by atoms with E-state index in [1.54, 1.807) is 0 Å². The molecule has 9 aliphatic rings. The second-order valence-electron chi connectivity index (χ2n) is 31.1. The van der Waals surface area contributed by atoms with Crippen molar-refractivity contribution in [2.45, 2.75) is 162 Å². The second-order valence-corrected chi connectivity index (χ2v) is 31.1. The van der Waals surface area contributed by atoms with Crippen molar-refractivity contribution in [2.24, 2.45) is 34.5 Å². The van der Waals surface area contributed by atoms with E-state index in [0.29, 0.717) is 23.7 Å². The Morgan fingerprint density at radius 3 is 0.947 bits per heavy atom. The predicted octanol–water partition coefficient (Wildman–Crippen LogP) is 26.1. The van der Waals surface area contributed by atoms with Gasteiger partial charge in [0.1, 0.15) is 0 Å². The van der Waals surface area contributed by atoms with Gasteiger partial charge >= 0.3 is 0 Å². The smallest absolute Gasteiger partial charge is 0.0112 e. The lowest BCUT2D eigenvalue weighted by Crippen LogP contribution is -2.16. The summed E-state index contributed by atoms with van der Waals surface area (Å²) in [5.74, 6) is 1.97. The lowest BCUT2D eigenvalue weighted by Gasteiger charge is -2.28. The third-order valence-electron chi connectivity index (χ3n) is 22.2. The molecule has 94 heavy (non-hydrogen) atoms. The van der Waals surface area contributed by atoms with Gasteiger partial charge in [-0.3, -0.25) is 0 Å². The molecule has 0 nitrogen and oxygen atoms in total. The molecule has 0 saturated heterocycles. The molecule has 0 aromatic heterocycles. The molecule has 9 aliphatic carbocycles. The van der Waals surface area contributed by atoms with Crippen LogP contribution in [0.2, 0.25) is 0 Å². The van der Waals surface area contributed by atoms with Crippen LogP contribution in [-0.2, 0) is 0 Å². The molecule has 13 rings (SSSR count). The van der Waals surface area contributed by atoms with Crippen molar-refractivity contribution < 1.29 is 0 Å². The molecule has 4 aromatic carbocycles. The Bertz CT molecular complexity index is 4210. The van der Waals surface area contributed by atoms with Crippen LogP contribution in [0.4, 0.5) is 0 Å². The van der Waals surface area contributed by atoms with Crippen LogP contribution in [0, 0.1) is 34.5 Å². The van der Waals surface area contributed by atoms with E-state index in [2.05, 4.69) is 305 Å². The Morgan fingerprint density at radius 2 is 0.628 bits per heavy atom. The Labute approximate surface area is 565 Å². The molecular weight excluding hydrogens is 1130 g/mol. The fourth-order valence-electron chi connectivity index (χ4n) is 17.0. The summed E-state index contributed by atoms with van der Waals surface area (Å²) in [6.45, 7) is 39.0. The maximum atomic E-state index is 2.66. The molecule has 4 aromatic rings. The van der Waals surface area contributed by atoms with Gasteiger partial charge < -0.3 is 0 Å². The zero-order valence-electron chi connectivity index (χ0n) is 59.4. The third-order valence-corrected chi connectivity index (χ3v) is 22.2. The van der Waals surface area contributed by atoms with Crippen molar-refractivity contribution in [3.05, 3.63) is 350 Å². The molecule has 0 aliphatic heterocycles. The minimum Gasteiger partial charge on any atom is -0.0625 e. The fourth-order valence-corrected chi connectivity index (χ4v) is 17.0. The van der Waals surface area contributed by atoms with Crippen LogP contribution < -0.4 is 0 Å². The quantitative estimate of drug-likeness (QED) is 0.133. The van der Waals surface area contributed by atoms with E-state index in [-0.39, 0.29) is 10.8 Å². The van der Waals surface area contributed by atoms with Crippen LogP contribution in [0.25, 0.3) is 22.3 Å². The average molecular weight is 1230 g/mol. The number of rotatable bonds is 12. The third kappa shape index (κ3) is 11.9. The second kappa shape index (κ2) is 25.8. The molecule has 0 heteroatoms. The topological polar surface area (TPSA) is 0 Å². The summed E-state index contributed by atoms with van der Waals surface area (Å²) >= 11 is 0. The highest BCUT2D eigenvalue weighted by Crippen LogP contribution is 2.57. The molecule has 0 N–H and O–H groups in total. The lowest BCUT2D eigenvalue weighted by molar-refractivity contribution is 0.543. The van der Waals surface area contributed by atoms with Gasteiger partial charge in [0.05, 0.1) is 0 Å². The molecule has 0 amide bonds. The first-order valence-corrected chi connectivity index (χ1v) is 35.6.